The lowest BCUT2D eigenvalue weighted by molar-refractivity contribution is 0.0979. The molecule has 0 amide bonds. The molecule has 0 spiro atoms. The third-order valence-corrected chi connectivity index (χ3v) is 3.96. The van der Waals surface area contributed by atoms with Crippen LogP contribution in [0.1, 0.15) is 21.8 Å². The van der Waals surface area contributed by atoms with Gasteiger partial charge in [0.25, 0.3) is 0 Å². The van der Waals surface area contributed by atoms with Gasteiger partial charge in [0.05, 0.1) is 6.07 Å². The molecule has 0 bridgehead atoms. The van der Waals surface area contributed by atoms with Crippen molar-refractivity contribution in [1.82, 2.24) is 0 Å². The van der Waals surface area contributed by atoms with Crippen molar-refractivity contribution in [3.05, 3.63) is 64.7 Å². The Morgan fingerprint density at radius 3 is 2.25 bits per heavy atom. The molecule has 100 valence electrons. The standard InChI is InChI=1S/C16H12ClNOS/c1-20-14-8-4-12(5-9-14)16(19)15(10-18)11-2-6-13(17)7-3-11/h2-9,15H,1H3. The quantitative estimate of drug-likeness (QED) is 0.614. The van der Waals surface area contributed by atoms with Crippen LogP contribution in [-0.4, -0.2) is 12.0 Å². The zero-order valence-electron chi connectivity index (χ0n) is 10.8. The maximum absolute atomic E-state index is 12.4. The molecular weight excluding hydrogens is 290 g/mol. The Morgan fingerprint density at radius 1 is 1.15 bits per heavy atom. The molecule has 0 fully saturated rings. The minimum absolute atomic E-state index is 0.192. The van der Waals surface area contributed by atoms with E-state index in [1.54, 1.807) is 48.2 Å². The first kappa shape index (κ1) is 14.6. The molecule has 20 heavy (non-hydrogen) atoms. The predicted octanol–water partition coefficient (Wildman–Crippen LogP) is 4.55. The van der Waals surface area contributed by atoms with Crippen molar-refractivity contribution in [2.24, 2.45) is 0 Å². The number of benzene rings is 2. The lowest BCUT2D eigenvalue weighted by Crippen LogP contribution is -2.11. The summed E-state index contributed by atoms with van der Waals surface area (Å²) in [5.41, 5.74) is 1.21. The summed E-state index contributed by atoms with van der Waals surface area (Å²) >= 11 is 7.43. The number of nitrogens with zero attached hydrogens (tertiary/aromatic N) is 1. The van der Waals surface area contributed by atoms with E-state index in [2.05, 4.69) is 6.07 Å². The molecule has 0 heterocycles. The summed E-state index contributed by atoms with van der Waals surface area (Å²) in [5, 5.41) is 9.86. The van der Waals surface area contributed by atoms with Crippen LogP contribution in [0.2, 0.25) is 5.02 Å². The molecule has 0 aliphatic heterocycles. The number of rotatable bonds is 4. The first-order valence-corrected chi connectivity index (χ1v) is 7.59. The van der Waals surface area contributed by atoms with Crippen molar-refractivity contribution in [1.29, 1.82) is 5.26 Å². The van der Waals surface area contributed by atoms with E-state index in [4.69, 9.17) is 11.6 Å². The van der Waals surface area contributed by atoms with Gasteiger partial charge in [0.1, 0.15) is 5.92 Å². The van der Waals surface area contributed by atoms with Crippen molar-refractivity contribution in [3.63, 3.8) is 0 Å². The highest BCUT2D eigenvalue weighted by Gasteiger charge is 2.21. The summed E-state index contributed by atoms with van der Waals surface area (Å²) in [4.78, 5) is 13.5. The molecule has 0 aliphatic rings. The SMILES string of the molecule is CSc1ccc(C(=O)C(C#N)c2ccc(Cl)cc2)cc1. The van der Waals surface area contributed by atoms with E-state index in [0.29, 0.717) is 16.1 Å². The number of hydrogen-bond donors (Lipinski definition) is 0. The molecular formula is C16H12ClNOS. The third-order valence-electron chi connectivity index (χ3n) is 2.97. The number of ketones is 1. The van der Waals surface area contributed by atoms with Gasteiger partial charge in [0.2, 0.25) is 0 Å². The molecule has 2 rings (SSSR count). The van der Waals surface area contributed by atoms with Crippen LogP contribution in [0, 0.1) is 11.3 Å². The molecule has 0 aromatic heterocycles. The largest absolute Gasteiger partial charge is 0.292 e. The third kappa shape index (κ3) is 3.22. The maximum atomic E-state index is 12.4. The number of carbonyl (C=O) groups is 1. The molecule has 4 heteroatoms. The second-order valence-corrected chi connectivity index (χ2v) is 5.52. The Bertz CT molecular complexity index is 644. The molecule has 2 aromatic rings. The fourth-order valence-electron chi connectivity index (χ4n) is 1.86. The van der Waals surface area contributed by atoms with Gasteiger partial charge in [0.15, 0.2) is 5.78 Å². The number of Topliss-reactive ketones (excluding diaryl/α,β-unsaturated/α-hetero) is 1. The van der Waals surface area contributed by atoms with E-state index in [-0.39, 0.29) is 5.78 Å². The van der Waals surface area contributed by atoms with E-state index in [9.17, 15) is 10.1 Å². The van der Waals surface area contributed by atoms with Gasteiger partial charge in [-0.1, -0.05) is 35.9 Å². The van der Waals surface area contributed by atoms with Crippen LogP contribution in [-0.2, 0) is 0 Å². The van der Waals surface area contributed by atoms with E-state index < -0.39 is 5.92 Å². The average molecular weight is 302 g/mol. The van der Waals surface area contributed by atoms with Gasteiger partial charge in [-0.25, -0.2) is 0 Å². The first-order valence-electron chi connectivity index (χ1n) is 5.99. The summed E-state index contributed by atoms with van der Waals surface area (Å²) in [6.45, 7) is 0. The smallest absolute Gasteiger partial charge is 0.184 e. The Morgan fingerprint density at radius 2 is 1.75 bits per heavy atom. The summed E-state index contributed by atoms with van der Waals surface area (Å²) < 4.78 is 0. The number of carbonyl (C=O) groups excluding carboxylic acids is 1. The van der Waals surface area contributed by atoms with Crippen LogP contribution < -0.4 is 0 Å². The van der Waals surface area contributed by atoms with E-state index in [1.165, 1.54) is 0 Å². The summed E-state index contributed by atoms with van der Waals surface area (Å²) in [6, 6.07) is 16.1. The van der Waals surface area contributed by atoms with Crippen LogP contribution in [0.5, 0.6) is 0 Å². The summed E-state index contributed by atoms with van der Waals surface area (Å²) in [5.74, 6) is -0.991. The fourth-order valence-corrected chi connectivity index (χ4v) is 2.40. The fraction of sp³-hybridized carbons (Fsp3) is 0.125. The van der Waals surface area contributed by atoms with Crippen LogP contribution in [0.4, 0.5) is 0 Å². The minimum Gasteiger partial charge on any atom is -0.292 e. The van der Waals surface area contributed by atoms with Gasteiger partial charge in [0, 0.05) is 15.5 Å². The molecule has 0 aliphatic carbocycles. The lowest BCUT2D eigenvalue weighted by atomic mass is 9.92. The average Bonchev–Trinajstić information content (AvgIpc) is 2.50. The van der Waals surface area contributed by atoms with Crippen LogP contribution >= 0.6 is 23.4 Å². The van der Waals surface area contributed by atoms with Gasteiger partial charge in [-0.3, -0.25) is 4.79 Å². The second-order valence-electron chi connectivity index (χ2n) is 4.21. The van der Waals surface area contributed by atoms with Crippen molar-refractivity contribution >= 4 is 29.1 Å². The molecule has 0 N–H and O–H groups in total. The minimum atomic E-state index is -0.799. The van der Waals surface area contributed by atoms with Crippen molar-refractivity contribution in [2.75, 3.05) is 6.26 Å². The van der Waals surface area contributed by atoms with Crippen LogP contribution in [0.3, 0.4) is 0 Å². The zero-order valence-corrected chi connectivity index (χ0v) is 12.4. The Kier molecular flexibility index (Phi) is 4.84. The van der Waals surface area contributed by atoms with Crippen molar-refractivity contribution in [2.45, 2.75) is 10.8 Å². The molecule has 0 radical (unpaired) electrons. The highest BCUT2D eigenvalue weighted by atomic mass is 35.5. The van der Waals surface area contributed by atoms with Gasteiger partial charge >= 0.3 is 0 Å². The molecule has 1 atom stereocenters. The van der Waals surface area contributed by atoms with E-state index in [0.717, 1.165) is 4.90 Å². The number of nitriles is 1. The topological polar surface area (TPSA) is 40.9 Å². The maximum Gasteiger partial charge on any atom is 0.184 e. The molecule has 1 unspecified atom stereocenters. The molecule has 2 aromatic carbocycles. The second kappa shape index (κ2) is 6.60. The summed E-state index contributed by atoms with van der Waals surface area (Å²) in [6.07, 6.45) is 1.97. The molecule has 0 saturated heterocycles. The van der Waals surface area contributed by atoms with Crippen LogP contribution in [0.15, 0.2) is 53.4 Å². The Labute approximate surface area is 127 Å². The Hall–Kier alpha value is -1.76. The van der Waals surface area contributed by atoms with Gasteiger partial charge in [-0.15, -0.1) is 11.8 Å². The highest BCUT2D eigenvalue weighted by molar-refractivity contribution is 7.98. The highest BCUT2D eigenvalue weighted by Crippen LogP contribution is 2.23. The number of halogens is 1. The van der Waals surface area contributed by atoms with E-state index in [1.807, 2.05) is 18.4 Å². The van der Waals surface area contributed by atoms with Gasteiger partial charge in [-0.05, 0) is 36.1 Å². The molecule has 2 nitrogen and oxygen atoms in total. The van der Waals surface area contributed by atoms with E-state index >= 15 is 0 Å². The molecule has 0 saturated carbocycles. The van der Waals surface area contributed by atoms with Gasteiger partial charge in [-0.2, -0.15) is 5.26 Å². The van der Waals surface area contributed by atoms with Crippen molar-refractivity contribution in [3.8, 4) is 6.07 Å². The lowest BCUT2D eigenvalue weighted by Gasteiger charge is -2.09. The normalized spacial score (nSPS) is 11.7. The predicted molar refractivity (Wildman–Crippen MR) is 82.4 cm³/mol. The number of hydrogen-bond acceptors (Lipinski definition) is 3. The first-order chi connectivity index (χ1) is 9.65. The summed E-state index contributed by atoms with van der Waals surface area (Å²) in [7, 11) is 0. The monoisotopic (exact) mass is 301 g/mol. The van der Waals surface area contributed by atoms with Crippen LogP contribution in [0.25, 0.3) is 0 Å². The Balaban J connectivity index is 2.29. The number of thioether (sulfide) groups is 1. The van der Waals surface area contributed by atoms with Gasteiger partial charge < -0.3 is 0 Å². The zero-order chi connectivity index (χ0) is 14.5. The van der Waals surface area contributed by atoms with Crippen molar-refractivity contribution < 1.29 is 4.79 Å².